The van der Waals surface area contributed by atoms with Gasteiger partial charge in [0, 0.05) is 12.1 Å². The molecule has 1 aromatic rings. The molecule has 2 heteroatoms. The summed E-state index contributed by atoms with van der Waals surface area (Å²) in [5, 5.41) is 0. The molecule has 0 aliphatic carbocycles. The van der Waals surface area contributed by atoms with Crippen molar-refractivity contribution in [1.82, 2.24) is 0 Å². The number of methoxy groups -OCH3 is 1. The molecule has 2 nitrogen and oxygen atoms in total. The quantitative estimate of drug-likeness (QED) is 0.827. The molecule has 0 spiro atoms. The van der Waals surface area contributed by atoms with E-state index < -0.39 is 0 Å². The third-order valence-corrected chi connectivity index (χ3v) is 2.30. The molecular weight excluding hydrogens is 186 g/mol. The van der Waals surface area contributed by atoms with Gasteiger partial charge in [0.2, 0.25) is 0 Å². The molecule has 0 fully saturated rings. The summed E-state index contributed by atoms with van der Waals surface area (Å²) in [5.41, 5.74) is 8.39. The van der Waals surface area contributed by atoms with Crippen LogP contribution in [0.4, 0.5) is 0 Å². The molecular formula is C13H21NO. The molecule has 0 amide bonds. The van der Waals surface area contributed by atoms with Crippen LogP contribution in [0, 0.1) is 5.41 Å². The molecule has 0 aromatic heterocycles. The molecule has 0 atom stereocenters. The molecule has 15 heavy (non-hydrogen) atoms. The normalized spacial score (nSPS) is 11.5. The molecule has 1 aromatic carbocycles. The first-order valence-electron chi connectivity index (χ1n) is 5.32. The maximum absolute atomic E-state index is 5.68. The van der Waals surface area contributed by atoms with Gasteiger partial charge in [-0.1, -0.05) is 32.9 Å². The van der Waals surface area contributed by atoms with Crippen LogP contribution in [-0.2, 0) is 13.0 Å². The fourth-order valence-corrected chi connectivity index (χ4v) is 1.71. The zero-order chi connectivity index (χ0) is 11.5. The Morgan fingerprint density at radius 2 is 1.93 bits per heavy atom. The molecule has 0 aliphatic heterocycles. The van der Waals surface area contributed by atoms with Gasteiger partial charge in [-0.15, -0.1) is 0 Å². The Morgan fingerprint density at radius 3 is 2.40 bits per heavy atom. The molecule has 84 valence electrons. The van der Waals surface area contributed by atoms with E-state index in [0.29, 0.717) is 12.0 Å². The van der Waals surface area contributed by atoms with Gasteiger partial charge < -0.3 is 10.5 Å². The van der Waals surface area contributed by atoms with Crippen molar-refractivity contribution in [3.63, 3.8) is 0 Å². The molecule has 0 aliphatic rings. The first-order valence-corrected chi connectivity index (χ1v) is 5.32. The van der Waals surface area contributed by atoms with E-state index in [1.807, 2.05) is 6.07 Å². The highest BCUT2D eigenvalue weighted by Gasteiger charge is 2.12. The largest absolute Gasteiger partial charge is 0.496 e. The fraction of sp³-hybridized carbons (Fsp3) is 0.538. The predicted octanol–water partition coefficient (Wildman–Crippen LogP) is 2.74. The monoisotopic (exact) mass is 207 g/mol. The van der Waals surface area contributed by atoms with Gasteiger partial charge in [0.25, 0.3) is 0 Å². The standard InChI is InChI=1S/C13H21NO/c1-13(2,3)8-10-5-6-12(15-4)11(7-10)9-14/h5-7H,8-9,14H2,1-4H3. The van der Waals surface area contributed by atoms with Crippen LogP contribution in [-0.4, -0.2) is 7.11 Å². The third-order valence-electron chi connectivity index (χ3n) is 2.30. The average Bonchev–Trinajstić information content (AvgIpc) is 2.15. The van der Waals surface area contributed by atoms with E-state index >= 15 is 0 Å². The lowest BCUT2D eigenvalue weighted by atomic mass is 9.87. The summed E-state index contributed by atoms with van der Waals surface area (Å²) in [5.74, 6) is 0.884. The van der Waals surface area contributed by atoms with Crippen molar-refractivity contribution in [2.75, 3.05) is 7.11 Å². The molecule has 0 unspecified atom stereocenters. The summed E-state index contributed by atoms with van der Waals surface area (Å²) in [7, 11) is 1.68. The highest BCUT2D eigenvalue weighted by Crippen LogP contribution is 2.25. The van der Waals surface area contributed by atoms with Crippen LogP contribution in [0.25, 0.3) is 0 Å². The second-order valence-corrected chi connectivity index (χ2v) is 5.09. The lowest BCUT2D eigenvalue weighted by Crippen LogP contribution is -2.10. The van der Waals surface area contributed by atoms with Crippen LogP contribution in [0.5, 0.6) is 5.75 Å². The summed E-state index contributed by atoms with van der Waals surface area (Å²) >= 11 is 0. The van der Waals surface area contributed by atoms with Crippen LogP contribution < -0.4 is 10.5 Å². The smallest absolute Gasteiger partial charge is 0.123 e. The van der Waals surface area contributed by atoms with E-state index in [-0.39, 0.29) is 0 Å². The Labute approximate surface area is 92.4 Å². The van der Waals surface area contributed by atoms with Crippen molar-refractivity contribution in [2.45, 2.75) is 33.7 Å². The average molecular weight is 207 g/mol. The lowest BCUT2D eigenvalue weighted by Gasteiger charge is -2.19. The molecule has 2 N–H and O–H groups in total. The number of nitrogens with two attached hydrogens (primary N) is 1. The summed E-state index contributed by atoms with van der Waals surface area (Å²) in [6.45, 7) is 7.24. The van der Waals surface area contributed by atoms with E-state index in [4.69, 9.17) is 10.5 Å². The Hall–Kier alpha value is -1.02. The van der Waals surface area contributed by atoms with E-state index in [1.54, 1.807) is 7.11 Å². The van der Waals surface area contributed by atoms with E-state index in [9.17, 15) is 0 Å². The number of rotatable bonds is 3. The summed E-state index contributed by atoms with van der Waals surface area (Å²) in [6.07, 6.45) is 1.06. The molecule has 0 heterocycles. The molecule has 1 rings (SSSR count). The lowest BCUT2D eigenvalue weighted by molar-refractivity contribution is 0.403. The molecule has 0 radical (unpaired) electrons. The van der Waals surface area contributed by atoms with Crippen LogP contribution in [0.1, 0.15) is 31.9 Å². The van der Waals surface area contributed by atoms with Crippen LogP contribution >= 0.6 is 0 Å². The summed E-state index contributed by atoms with van der Waals surface area (Å²) in [4.78, 5) is 0. The van der Waals surface area contributed by atoms with Crippen molar-refractivity contribution in [2.24, 2.45) is 11.1 Å². The predicted molar refractivity (Wildman–Crippen MR) is 64.0 cm³/mol. The highest BCUT2D eigenvalue weighted by molar-refractivity contribution is 5.37. The van der Waals surface area contributed by atoms with Gasteiger partial charge in [-0.3, -0.25) is 0 Å². The minimum atomic E-state index is 0.306. The third kappa shape index (κ3) is 3.56. The first kappa shape index (κ1) is 12.1. The second kappa shape index (κ2) is 4.67. The van der Waals surface area contributed by atoms with E-state index in [0.717, 1.165) is 17.7 Å². The Morgan fingerprint density at radius 1 is 1.27 bits per heavy atom. The van der Waals surface area contributed by atoms with Gasteiger partial charge in [-0.25, -0.2) is 0 Å². The minimum absolute atomic E-state index is 0.306. The van der Waals surface area contributed by atoms with Gasteiger partial charge in [-0.05, 0) is 23.5 Å². The Kier molecular flexibility index (Phi) is 3.75. The maximum atomic E-state index is 5.68. The van der Waals surface area contributed by atoms with Gasteiger partial charge >= 0.3 is 0 Å². The number of ether oxygens (including phenoxy) is 1. The van der Waals surface area contributed by atoms with Crippen molar-refractivity contribution in [1.29, 1.82) is 0 Å². The van der Waals surface area contributed by atoms with Crippen molar-refractivity contribution in [3.05, 3.63) is 29.3 Å². The maximum Gasteiger partial charge on any atom is 0.123 e. The van der Waals surface area contributed by atoms with Crippen molar-refractivity contribution < 1.29 is 4.74 Å². The van der Waals surface area contributed by atoms with Gasteiger partial charge in [0.05, 0.1) is 7.11 Å². The van der Waals surface area contributed by atoms with Crippen LogP contribution in [0.3, 0.4) is 0 Å². The Balaban J connectivity index is 2.93. The molecule has 0 saturated carbocycles. The van der Waals surface area contributed by atoms with Crippen LogP contribution in [0.2, 0.25) is 0 Å². The first-order chi connectivity index (χ1) is 6.96. The topological polar surface area (TPSA) is 35.2 Å². The molecule has 0 bridgehead atoms. The number of hydrogen-bond donors (Lipinski definition) is 1. The van der Waals surface area contributed by atoms with Crippen molar-refractivity contribution in [3.8, 4) is 5.75 Å². The minimum Gasteiger partial charge on any atom is -0.496 e. The van der Waals surface area contributed by atoms with Gasteiger partial charge in [-0.2, -0.15) is 0 Å². The van der Waals surface area contributed by atoms with Gasteiger partial charge in [0.1, 0.15) is 5.75 Å². The molecule has 0 saturated heterocycles. The fourth-order valence-electron chi connectivity index (χ4n) is 1.71. The van der Waals surface area contributed by atoms with Gasteiger partial charge in [0.15, 0.2) is 0 Å². The number of benzene rings is 1. The zero-order valence-corrected chi connectivity index (χ0v) is 10.1. The van der Waals surface area contributed by atoms with E-state index in [1.165, 1.54) is 5.56 Å². The van der Waals surface area contributed by atoms with Crippen LogP contribution in [0.15, 0.2) is 18.2 Å². The summed E-state index contributed by atoms with van der Waals surface area (Å²) in [6, 6.07) is 6.26. The SMILES string of the molecule is COc1ccc(CC(C)(C)C)cc1CN. The van der Waals surface area contributed by atoms with E-state index in [2.05, 4.69) is 32.9 Å². The zero-order valence-electron chi connectivity index (χ0n) is 10.1. The Bertz CT molecular complexity index is 326. The van der Waals surface area contributed by atoms with Crippen molar-refractivity contribution >= 4 is 0 Å². The second-order valence-electron chi connectivity index (χ2n) is 5.09. The highest BCUT2D eigenvalue weighted by atomic mass is 16.5. The summed E-state index contributed by atoms with van der Waals surface area (Å²) < 4.78 is 5.24. The number of hydrogen-bond acceptors (Lipinski definition) is 2.